The van der Waals surface area contributed by atoms with E-state index < -0.39 is 0 Å². The molecule has 0 bridgehead atoms. The lowest BCUT2D eigenvalue weighted by Gasteiger charge is -2.33. The summed E-state index contributed by atoms with van der Waals surface area (Å²) >= 11 is 0. The van der Waals surface area contributed by atoms with E-state index in [1.165, 1.54) is 19.4 Å². The van der Waals surface area contributed by atoms with E-state index in [2.05, 4.69) is 25.7 Å². The number of rotatable bonds is 6. The number of hydrogen-bond donors (Lipinski definition) is 0. The molecule has 0 spiro atoms. The number of hydrogen-bond acceptors (Lipinski definition) is 2. The highest BCUT2D eigenvalue weighted by atomic mass is 16.2. The van der Waals surface area contributed by atoms with Gasteiger partial charge in [-0.2, -0.15) is 0 Å². The second-order valence-corrected chi connectivity index (χ2v) is 4.98. The van der Waals surface area contributed by atoms with Crippen LogP contribution in [0.2, 0.25) is 0 Å². The molecule has 1 heterocycles. The molecule has 100 valence electrons. The number of carbonyl (C=O) groups excluding carboxylic acids is 1. The van der Waals surface area contributed by atoms with E-state index in [1.807, 2.05) is 4.90 Å². The minimum Gasteiger partial charge on any atom is -0.343 e. The Morgan fingerprint density at radius 1 is 1.18 bits per heavy atom. The molecule has 0 radical (unpaired) electrons. The van der Waals surface area contributed by atoms with Gasteiger partial charge in [-0.25, -0.2) is 0 Å². The lowest BCUT2D eigenvalue weighted by atomic mass is 9.95. The van der Waals surface area contributed by atoms with Crippen LogP contribution in [0.3, 0.4) is 0 Å². The first-order valence-electron chi connectivity index (χ1n) is 7.24. The molecule has 0 saturated carbocycles. The van der Waals surface area contributed by atoms with Crippen LogP contribution in [0, 0.1) is 5.92 Å². The molecule has 0 aromatic rings. The number of carbonyl (C=O) groups is 1. The zero-order chi connectivity index (χ0) is 12.7. The molecule has 3 nitrogen and oxygen atoms in total. The number of unbranched alkanes of at least 4 members (excludes halogenated alkanes) is 1. The number of piperidine rings is 1. The van der Waals surface area contributed by atoms with Crippen LogP contribution in [0.1, 0.15) is 46.5 Å². The standard InChI is InChI=1S/C14H28N2O/c1-4-7-10-15-11-8-13(9-12-15)14(17)16(5-2)6-3/h13H,4-12H2,1-3H3. The average molecular weight is 240 g/mol. The number of nitrogens with zero attached hydrogens (tertiary/aromatic N) is 2. The fraction of sp³-hybridized carbons (Fsp3) is 0.929. The molecule has 1 amide bonds. The highest BCUT2D eigenvalue weighted by Crippen LogP contribution is 2.19. The Bertz CT molecular complexity index is 218. The van der Waals surface area contributed by atoms with Gasteiger partial charge in [-0.05, 0) is 52.7 Å². The molecular weight excluding hydrogens is 212 g/mol. The van der Waals surface area contributed by atoms with Crippen LogP contribution in [-0.4, -0.2) is 48.4 Å². The number of amides is 1. The molecule has 0 aliphatic carbocycles. The first-order chi connectivity index (χ1) is 8.22. The van der Waals surface area contributed by atoms with Gasteiger partial charge in [0.05, 0.1) is 0 Å². The van der Waals surface area contributed by atoms with Crippen LogP contribution in [0.5, 0.6) is 0 Å². The van der Waals surface area contributed by atoms with Crippen LogP contribution in [0.15, 0.2) is 0 Å². The van der Waals surface area contributed by atoms with Gasteiger partial charge in [0, 0.05) is 19.0 Å². The summed E-state index contributed by atoms with van der Waals surface area (Å²) in [6, 6.07) is 0. The Labute approximate surface area is 106 Å². The molecular formula is C14H28N2O. The normalized spacial score (nSPS) is 18.3. The third kappa shape index (κ3) is 4.30. The molecule has 3 heteroatoms. The van der Waals surface area contributed by atoms with Crippen molar-refractivity contribution in [1.29, 1.82) is 0 Å². The second-order valence-electron chi connectivity index (χ2n) is 4.98. The van der Waals surface area contributed by atoms with Gasteiger partial charge in [0.15, 0.2) is 0 Å². The summed E-state index contributed by atoms with van der Waals surface area (Å²) in [5.41, 5.74) is 0. The van der Waals surface area contributed by atoms with Gasteiger partial charge in [-0.3, -0.25) is 4.79 Å². The van der Waals surface area contributed by atoms with Gasteiger partial charge < -0.3 is 9.80 Å². The van der Waals surface area contributed by atoms with Crippen molar-refractivity contribution in [3.05, 3.63) is 0 Å². The van der Waals surface area contributed by atoms with E-state index in [4.69, 9.17) is 0 Å². The van der Waals surface area contributed by atoms with E-state index in [-0.39, 0.29) is 5.92 Å². The maximum atomic E-state index is 12.2. The third-order valence-corrected chi connectivity index (χ3v) is 3.84. The van der Waals surface area contributed by atoms with Crippen molar-refractivity contribution in [3.63, 3.8) is 0 Å². The van der Waals surface area contributed by atoms with Gasteiger partial charge >= 0.3 is 0 Å². The van der Waals surface area contributed by atoms with Crippen molar-refractivity contribution in [3.8, 4) is 0 Å². The quantitative estimate of drug-likeness (QED) is 0.711. The molecule has 1 fully saturated rings. The monoisotopic (exact) mass is 240 g/mol. The zero-order valence-corrected chi connectivity index (χ0v) is 11.7. The van der Waals surface area contributed by atoms with Crippen LogP contribution < -0.4 is 0 Å². The highest BCUT2D eigenvalue weighted by molar-refractivity contribution is 5.78. The minimum absolute atomic E-state index is 0.285. The van der Waals surface area contributed by atoms with Crippen molar-refractivity contribution in [2.24, 2.45) is 5.92 Å². The predicted molar refractivity (Wildman–Crippen MR) is 72.0 cm³/mol. The molecule has 0 unspecified atom stereocenters. The summed E-state index contributed by atoms with van der Waals surface area (Å²) in [5.74, 6) is 0.665. The molecule has 0 N–H and O–H groups in total. The minimum atomic E-state index is 0.285. The van der Waals surface area contributed by atoms with Gasteiger partial charge in [-0.15, -0.1) is 0 Å². The van der Waals surface area contributed by atoms with E-state index in [0.29, 0.717) is 5.91 Å². The average Bonchev–Trinajstić information content (AvgIpc) is 2.38. The van der Waals surface area contributed by atoms with Gasteiger partial charge in [-0.1, -0.05) is 13.3 Å². The molecule has 1 rings (SSSR count). The summed E-state index contributed by atoms with van der Waals surface area (Å²) < 4.78 is 0. The molecule has 0 atom stereocenters. The van der Waals surface area contributed by atoms with Crippen molar-refractivity contribution in [2.75, 3.05) is 32.7 Å². The molecule has 1 aliphatic heterocycles. The predicted octanol–water partition coefficient (Wildman–Crippen LogP) is 2.37. The zero-order valence-electron chi connectivity index (χ0n) is 11.7. The molecule has 0 aromatic heterocycles. The van der Waals surface area contributed by atoms with E-state index >= 15 is 0 Å². The highest BCUT2D eigenvalue weighted by Gasteiger charge is 2.26. The maximum absolute atomic E-state index is 12.2. The Morgan fingerprint density at radius 3 is 2.24 bits per heavy atom. The first kappa shape index (κ1) is 14.5. The Kier molecular flexibility index (Phi) is 6.56. The Balaban J connectivity index is 2.33. The Morgan fingerprint density at radius 2 is 1.76 bits per heavy atom. The van der Waals surface area contributed by atoms with Crippen molar-refractivity contribution in [1.82, 2.24) is 9.80 Å². The fourth-order valence-corrected chi connectivity index (χ4v) is 2.58. The van der Waals surface area contributed by atoms with Crippen molar-refractivity contribution in [2.45, 2.75) is 46.5 Å². The van der Waals surface area contributed by atoms with E-state index in [1.54, 1.807) is 0 Å². The molecule has 0 aromatic carbocycles. The lowest BCUT2D eigenvalue weighted by Crippen LogP contribution is -2.42. The topological polar surface area (TPSA) is 23.6 Å². The third-order valence-electron chi connectivity index (χ3n) is 3.84. The molecule has 1 saturated heterocycles. The summed E-state index contributed by atoms with van der Waals surface area (Å²) in [4.78, 5) is 16.7. The number of likely N-dealkylation sites (tertiary alicyclic amines) is 1. The van der Waals surface area contributed by atoms with Gasteiger partial charge in [0.2, 0.25) is 5.91 Å². The van der Waals surface area contributed by atoms with Crippen LogP contribution in [0.25, 0.3) is 0 Å². The lowest BCUT2D eigenvalue weighted by molar-refractivity contribution is -0.136. The Hall–Kier alpha value is -0.570. The van der Waals surface area contributed by atoms with E-state index in [0.717, 1.165) is 39.0 Å². The largest absolute Gasteiger partial charge is 0.343 e. The van der Waals surface area contributed by atoms with Gasteiger partial charge in [0.1, 0.15) is 0 Å². The summed E-state index contributed by atoms with van der Waals surface area (Å²) in [5, 5.41) is 0. The van der Waals surface area contributed by atoms with Gasteiger partial charge in [0.25, 0.3) is 0 Å². The van der Waals surface area contributed by atoms with E-state index in [9.17, 15) is 4.79 Å². The summed E-state index contributed by atoms with van der Waals surface area (Å²) in [6.45, 7) is 11.5. The smallest absolute Gasteiger partial charge is 0.225 e. The molecule has 17 heavy (non-hydrogen) atoms. The van der Waals surface area contributed by atoms with Crippen molar-refractivity contribution < 1.29 is 4.79 Å². The SMILES string of the molecule is CCCCN1CCC(C(=O)N(CC)CC)CC1. The van der Waals surface area contributed by atoms with Crippen LogP contribution in [0.4, 0.5) is 0 Å². The maximum Gasteiger partial charge on any atom is 0.225 e. The summed E-state index contributed by atoms with van der Waals surface area (Å²) in [7, 11) is 0. The van der Waals surface area contributed by atoms with Crippen molar-refractivity contribution >= 4 is 5.91 Å². The van der Waals surface area contributed by atoms with Crippen LogP contribution >= 0.6 is 0 Å². The fourth-order valence-electron chi connectivity index (χ4n) is 2.58. The second kappa shape index (κ2) is 7.70. The summed E-state index contributed by atoms with van der Waals surface area (Å²) in [6.07, 6.45) is 4.66. The van der Waals surface area contributed by atoms with Crippen LogP contribution in [-0.2, 0) is 4.79 Å². The molecule has 1 aliphatic rings. The first-order valence-corrected chi connectivity index (χ1v) is 7.24.